The Morgan fingerprint density at radius 3 is 2.32 bits per heavy atom. The fourth-order valence-corrected chi connectivity index (χ4v) is 4.65. The van der Waals surface area contributed by atoms with Crippen LogP contribution in [0.25, 0.3) is 0 Å². The highest BCUT2D eigenvalue weighted by molar-refractivity contribution is 7.99. The molecular formula is C14H21NO3S. The third-order valence-corrected chi connectivity index (χ3v) is 6.67. The fourth-order valence-electron chi connectivity index (χ4n) is 3.74. The van der Waals surface area contributed by atoms with E-state index in [1.165, 1.54) is 0 Å². The van der Waals surface area contributed by atoms with Crippen molar-refractivity contribution in [2.24, 2.45) is 10.8 Å². The number of nitrogens with zero attached hydrogens (tertiary/aromatic N) is 1. The van der Waals surface area contributed by atoms with Gasteiger partial charge in [-0.25, -0.2) is 0 Å². The molecule has 0 aromatic rings. The van der Waals surface area contributed by atoms with E-state index in [9.17, 15) is 9.59 Å². The summed E-state index contributed by atoms with van der Waals surface area (Å²) in [6, 6.07) is 0. The summed E-state index contributed by atoms with van der Waals surface area (Å²) in [5, 5.41) is 0. The van der Waals surface area contributed by atoms with Crippen molar-refractivity contribution in [1.82, 2.24) is 4.90 Å². The molecule has 19 heavy (non-hydrogen) atoms. The van der Waals surface area contributed by atoms with Crippen LogP contribution in [0.3, 0.4) is 0 Å². The molecule has 0 aromatic heterocycles. The molecule has 4 nitrogen and oxygen atoms in total. The zero-order chi connectivity index (χ0) is 13.9. The van der Waals surface area contributed by atoms with Crippen molar-refractivity contribution in [1.29, 1.82) is 0 Å². The van der Waals surface area contributed by atoms with E-state index in [2.05, 4.69) is 0 Å². The van der Waals surface area contributed by atoms with Gasteiger partial charge in [0.1, 0.15) is 0 Å². The van der Waals surface area contributed by atoms with E-state index in [0.29, 0.717) is 6.42 Å². The van der Waals surface area contributed by atoms with Gasteiger partial charge in [0.05, 0.1) is 5.41 Å². The zero-order valence-corrected chi connectivity index (χ0v) is 12.6. The molecule has 5 heteroatoms. The molecule has 2 saturated heterocycles. The Labute approximate surface area is 118 Å². The predicted molar refractivity (Wildman–Crippen MR) is 73.9 cm³/mol. The lowest BCUT2D eigenvalue weighted by atomic mass is 9.66. The molecule has 0 spiro atoms. The van der Waals surface area contributed by atoms with E-state index in [0.717, 1.165) is 31.0 Å². The van der Waals surface area contributed by atoms with Gasteiger partial charge in [-0.2, -0.15) is 11.8 Å². The number of carbonyl (C=O) groups is 2. The van der Waals surface area contributed by atoms with Crippen LogP contribution in [0.2, 0.25) is 0 Å². The molecular weight excluding hydrogens is 262 g/mol. The van der Waals surface area contributed by atoms with Gasteiger partial charge in [0, 0.05) is 30.0 Å². The number of hydrogen-bond donors (Lipinski definition) is 0. The van der Waals surface area contributed by atoms with Crippen molar-refractivity contribution >= 4 is 23.6 Å². The van der Waals surface area contributed by atoms with Crippen molar-refractivity contribution in [3.05, 3.63) is 0 Å². The second-order valence-corrected chi connectivity index (χ2v) is 7.80. The highest BCUT2D eigenvalue weighted by Crippen LogP contribution is 2.65. The Hall–Kier alpha value is -0.710. The minimum Gasteiger partial charge on any atom is -0.448 e. The van der Waals surface area contributed by atoms with Gasteiger partial charge in [-0.3, -0.25) is 9.59 Å². The molecule has 106 valence electrons. The van der Waals surface area contributed by atoms with E-state index >= 15 is 0 Å². The van der Waals surface area contributed by atoms with Crippen LogP contribution in [0.4, 0.5) is 0 Å². The third kappa shape index (κ3) is 1.42. The first-order valence-corrected chi connectivity index (χ1v) is 8.11. The van der Waals surface area contributed by atoms with E-state index in [1.54, 1.807) is 0 Å². The summed E-state index contributed by atoms with van der Waals surface area (Å²) in [6.45, 7) is 7.53. The zero-order valence-electron chi connectivity index (χ0n) is 11.8. The molecule has 3 rings (SSSR count). The number of amides is 1. The number of esters is 1. The molecule has 2 heterocycles. The number of hydrogen-bond acceptors (Lipinski definition) is 4. The number of ether oxygens (including phenoxy) is 1. The first kappa shape index (κ1) is 13.3. The van der Waals surface area contributed by atoms with Crippen LogP contribution in [-0.4, -0.2) is 47.0 Å². The molecule has 2 aliphatic heterocycles. The van der Waals surface area contributed by atoms with E-state index in [1.807, 2.05) is 37.4 Å². The summed E-state index contributed by atoms with van der Waals surface area (Å²) in [7, 11) is 0. The Kier molecular flexibility index (Phi) is 2.73. The Bertz CT molecular complexity index is 444. The first-order valence-electron chi connectivity index (χ1n) is 6.96. The highest BCUT2D eigenvalue weighted by atomic mass is 32.2. The topological polar surface area (TPSA) is 46.6 Å². The standard InChI is InChI=1S/C14H21NO3S/c1-12(2)13(3)4-5-14(12,18-11(13)17)10(16)15-6-8-19-9-7-15/h4-9H2,1-3H3/t13-,14+/m0/s1. The van der Waals surface area contributed by atoms with Crippen LogP contribution >= 0.6 is 11.8 Å². The Morgan fingerprint density at radius 2 is 1.84 bits per heavy atom. The van der Waals surface area contributed by atoms with Gasteiger partial charge in [-0.05, 0) is 19.8 Å². The van der Waals surface area contributed by atoms with Gasteiger partial charge < -0.3 is 9.64 Å². The molecule has 1 aliphatic carbocycles. The highest BCUT2D eigenvalue weighted by Gasteiger charge is 2.76. The van der Waals surface area contributed by atoms with Crippen molar-refractivity contribution in [2.45, 2.75) is 39.2 Å². The SMILES string of the molecule is CC1(C)[C@@]2(C)CC[C@]1(C(=O)N1CCSCC1)OC2=O. The quantitative estimate of drug-likeness (QED) is 0.687. The average Bonchev–Trinajstić information content (AvgIpc) is 2.69. The van der Waals surface area contributed by atoms with Crippen LogP contribution < -0.4 is 0 Å². The first-order chi connectivity index (χ1) is 8.85. The van der Waals surface area contributed by atoms with Gasteiger partial charge in [0.2, 0.25) is 0 Å². The predicted octanol–water partition coefficient (Wildman–Crippen LogP) is 1.68. The molecule has 2 bridgehead atoms. The van der Waals surface area contributed by atoms with Crippen LogP contribution in [0, 0.1) is 10.8 Å². The van der Waals surface area contributed by atoms with E-state index in [4.69, 9.17) is 4.74 Å². The minimum absolute atomic E-state index is 0.0346. The number of rotatable bonds is 1. The molecule has 3 fully saturated rings. The van der Waals surface area contributed by atoms with Crippen LogP contribution in [-0.2, 0) is 14.3 Å². The van der Waals surface area contributed by atoms with E-state index in [-0.39, 0.29) is 11.9 Å². The molecule has 1 saturated carbocycles. The summed E-state index contributed by atoms with van der Waals surface area (Å²) in [6.07, 6.45) is 1.43. The molecule has 0 N–H and O–H groups in total. The van der Waals surface area contributed by atoms with Crippen molar-refractivity contribution in [2.75, 3.05) is 24.6 Å². The summed E-state index contributed by atoms with van der Waals surface area (Å²) in [5.41, 5.74) is -1.84. The Balaban J connectivity index is 1.95. The second kappa shape index (κ2) is 3.90. The molecule has 2 atom stereocenters. The monoisotopic (exact) mass is 283 g/mol. The fraction of sp³-hybridized carbons (Fsp3) is 0.857. The van der Waals surface area contributed by atoms with Crippen LogP contribution in [0.5, 0.6) is 0 Å². The van der Waals surface area contributed by atoms with Gasteiger partial charge >= 0.3 is 5.97 Å². The maximum absolute atomic E-state index is 12.9. The summed E-state index contributed by atoms with van der Waals surface area (Å²) < 4.78 is 5.64. The number of carbonyl (C=O) groups excluding carboxylic acids is 2. The lowest BCUT2D eigenvalue weighted by Crippen LogP contribution is -2.56. The molecule has 0 aromatic carbocycles. The number of fused-ring (bicyclic) bond motifs is 2. The van der Waals surface area contributed by atoms with Crippen LogP contribution in [0.1, 0.15) is 33.6 Å². The molecule has 0 radical (unpaired) electrons. The maximum Gasteiger partial charge on any atom is 0.313 e. The third-order valence-electron chi connectivity index (χ3n) is 5.73. The van der Waals surface area contributed by atoms with Crippen LogP contribution in [0.15, 0.2) is 0 Å². The van der Waals surface area contributed by atoms with Gasteiger partial charge in [0.25, 0.3) is 5.91 Å². The van der Waals surface area contributed by atoms with Gasteiger partial charge in [-0.15, -0.1) is 0 Å². The largest absolute Gasteiger partial charge is 0.448 e. The number of thioether (sulfide) groups is 1. The van der Waals surface area contributed by atoms with E-state index < -0.39 is 16.4 Å². The molecule has 3 aliphatic rings. The summed E-state index contributed by atoms with van der Waals surface area (Å²) in [5.74, 6) is 1.80. The maximum atomic E-state index is 12.9. The van der Waals surface area contributed by atoms with Crippen molar-refractivity contribution < 1.29 is 14.3 Å². The van der Waals surface area contributed by atoms with Crippen molar-refractivity contribution in [3.8, 4) is 0 Å². The van der Waals surface area contributed by atoms with Crippen molar-refractivity contribution in [3.63, 3.8) is 0 Å². The molecule has 1 amide bonds. The summed E-state index contributed by atoms with van der Waals surface area (Å²) in [4.78, 5) is 27.0. The molecule has 0 unspecified atom stereocenters. The lowest BCUT2D eigenvalue weighted by molar-refractivity contribution is -0.173. The average molecular weight is 283 g/mol. The lowest BCUT2D eigenvalue weighted by Gasteiger charge is -2.40. The van der Waals surface area contributed by atoms with Gasteiger partial charge in [-0.1, -0.05) is 13.8 Å². The minimum atomic E-state index is -0.916. The smallest absolute Gasteiger partial charge is 0.313 e. The summed E-state index contributed by atoms with van der Waals surface area (Å²) >= 11 is 1.87. The van der Waals surface area contributed by atoms with Gasteiger partial charge in [0.15, 0.2) is 5.60 Å². The Morgan fingerprint density at radius 1 is 1.21 bits per heavy atom. The second-order valence-electron chi connectivity index (χ2n) is 6.58. The normalized spacial score (nSPS) is 40.4.